The van der Waals surface area contributed by atoms with Crippen molar-refractivity contribution in [3.63, 3.8) is 0 Å². The van der Waals surface area contributed by atoms with Gasteiger partial charge < -0.3 is 15.1 Å². The minimum atomic E-state index is -0.0332. The fourth-order valence-electron chi connectivity index (χ4n) is 4.17. The summed E-state index contributed by atoms with van der Waals surface area (Å²) >= 11 is 12.1. The Bertz CT molecular complexity index is 1070. The van der Waals surface area contributed by atoms with Crippen LogP contribution in [0.4, 0.5) is 5.69 Å². The summed E-state index contributed by atoms with van der Waals surface area (Å²) < 4.78 is 0. The van der Waals surface area contributed by atoms with E-state index in [4.69, 9.17) is 23.2 Å². The third-order valence-electron chi connectivity index (χ3n) is 6.14. The summed E-state index contributed by atoms with van der Waals surface area (Å²) in [5, 5.41) is 4.12. The molecule has 172 valence electrons. The van der Waals surface area contributed by atoms with Gasteiger partial charge in [0.1, 0.15) is 0 Å². The van der Waals surface area contributed by atoms with Crippen molar-refractivity contribution in [1.82, 2.24) is 14.8 Å². The van der Waals surface area contributed by atoms with Crippen molar-refractivity contribution in [2.75, 3.05) is 38.5 Å². The number of likely N-dealkylation sites (tertiary alicyclic amines) is 1. The molecule has 1 N–H and O–H groups in total. The van der Waals surface area contributed by atoms with Gasteiger partial charge in [0, 0.05) is 31.7 Å². The van der Waals surface area contributed by atoms with E-state index in [1.807, 2.05) is 36.3 Å². The van der Waals surface area contributed by atoms with Crippen molar-refractivity contribution < 1.29 is 4.79 Å². The molecular formula is C26H28Cl2N4O. The van der Waals surface area contributed by atoms with Crippen LogP contribution in [0.25, 0.3) is 11.1 Å². The van der Waals surface area contributed by atoms with Crippen LogP contribution in [0.1, 0.15) is 24.4 Å². The standard InChI is InChI=1S/C26H28Cl2N4O/c1-31(26(33)17-30-22-10-11-23(27)24(28)15-22)25(18-32-13-2-3-14-32)20-8-6-19(7-9-20)21-5-4-12-29-16-21/h4-12,15-16,25,30H,2-3,13-14,17-18H2,1H3. The van der Waals surface area contributed by atoms with Gasteiger partial charge in [0.2, 0.25) is 5.91 Å². The van der Waals surface area contributed by atoms with Gasteiger partial charge in [0.05, 0.1) is 22.6 Å². The quantitative estimate of drug-likeness (QED) is 0.443. The molecule has 33 heavy (non-hydrogen) atoms. The maximum atomic E-state index is 13.1. The van der Waals surface area contributed by atoms with E-state index in [2.05, 4.69) is 39.5 Å². The van der Waals surface area contributed by atoms with Crippen molar-refractivity contribution in [2.24, 2.45) is 0 Å². The Labute approximate surface area is 205 Å². The highest BCUT2D eigenvalue weighted by Crippen LogP contribution is 2.27. The average Bonchev–Trinajstić information content (AvgIpc) is 3.37. The smallest absolute Gasteiger partial charge is 0.242 e. The van der Waals surface area contributed by atoms with E-state index in [1.54, 1.807) is 18.3 Å². The molecule has 1 aromatic heterocycles. The molecule has 4 rings (SSSR count). The number of hydrogen-bond acceptors (Lipinski definition) is 4. The predicted molar refractivity (Wildman–Crippen MR) is 136 cm³/mol. The van der Waals surface area contributed by atoms with Crippen LogP contribution >= 0.6 is 23.2 Å². The van der Waals surface area contributed by atoms with Gasteiger partial charge in [-0.15, -0.1) is 0 Å². The van der Waals surface area contributed by atoms with Gasteiger partial charge in [-0.05, 0) is 66.9 Å². The molecule has 0 spiro atoms. The molecule has 0 bridgehead atoms. The van der Waals surface area contributed by atoms with E-state index < -0.39 is 0 Å². The Morgan fingerprint density at radius 2 is 1.82 bits per heavy atom. The number of pyridine rings is 1. The predicted octanol–water partition coefficient (Wildman–Crippen LogP) is 5.76. The monoisotopic (exact) mass is 482 g/mol. The SMILES string of the molecule is CN(C(=O)CNc1ccc(Cl)c(Cl)c1)C(CN1CCCC1)c1ccc(-c2cccnc2)cc1. The molecule has 5 nitrogen and oxygen atoms in total. The highest BCUT2D eigenvalue weighted by Gasteiger charge is 2.25. The van der Waals surface area contributed by atoms with E-state index in [9.17, 15) is 4.79 Å². The number of halogens is 2. The van der Waals surface area contributed by atoms with Gasteiger partial charge in [0.15, 0.2) is 0 Å². The molecule has 7 heteroatoms. The molecule has 1 aliphatic heterocycles. The molecule has 0 saturated carbocycles. The number of likely N-dealkylation sites (N-methyl/N-ethyl adjacent to an activating group) is 1. The Balaban J connectivity index is 1.49. The first-order valence-electron chi connectivity index (χ1n) is 11.2. The van der Waals surface area contributed by atoms with Gasteiger partial charge >= 0.3 is 0 Å². The van der Waals surface area contributed by atoms with Crippen molar-refractivity contribution in [2.45, 2.75) is 18.9 Å². The molecule has 1 unspecified atom stereocenters. The zero-order valence-corrected chi connectivity index (χ0v) is 20.2. The maximum absolute atomic E-state index is 13.1. The third-order valence-corrected chi connectivity index (χ3v) is 6.88. The molecule has 3 aromatic rings. The van der Waals surface area contributed by atoms with Gasteiger partial charge in [-0.2, -0.15) is 0 Å². The van der Waals surface area contributed by atoms with Crippen molar-refractivity contribution in [1.29, 1.82) is 0 Å². The van der Waals surface area contributed by atoms with Crippen LogP contribution < -0.4 is 5.32 Å². The molecule has 2 heterocycles. The molecule has 0 aliphatic carbocycles. The number of carbonyl (C=O) groups excluding carboxylic acids is 1. The van der Waals surface area contributed by atoms with Gasteiger partial charge in [-0.3, -0.25) is 9.78 Å². The Morgan fingerprint density at radius 3 is 2.48 bits per heavy atom. The first kappa shape index (κ1) is 23.6. The highest BCUT2D eigenvalue weighted by atomic mass is 35.5. The van der Waals surface area contributed by atoms with Gasteiger partial charge in [0.25, 0.3) is 0 Å². The van der Waals surface area contributed by atoms with E-state index in [1.165, 1.54) is 12.8 Å². The number of hydrogen-bond donors (Lipinski definition) is 1. The lowest BCUT2D eigenvalue weighted by atomic mass is 10.0. The molecular weight excluding hydrogens is 455 g/mol. The van der Waals surface area contributed by atoms with Crippen molar-refractivity contribution in [3.8, 4) is 11.1 Å². The number of aromatic nitrogens is 1. The number of nitrogens with one attached hydrogen (secondary N) is 1. The summed E-state index contributed by atoms with van der Waals surface area (Å²) in [5.41, 5.74) is 4.08. The van der Waals surface area contributed by atoms with E-state index >= 15 is 0 Å². The van der Waals surface area contributed by atoms with Crippen LogP contribution in [0.15, 0.2) is 67.0 Å². The van der Waals surface area contributed by atoms with Crippen LogP contribution in [0.2, 0.25) is 10.0 Å². The zero-order chi connectivity index (χ0) is 23.2. The maximum Gasteiger partial charge on any atom is 0.242 e. The van der Waals surface area contributed by atoms with Gasteiger partial charge in [-0.25, -0.2) is 0 Å². The molecule has 1 saturated heterocycles. The highest BCUT2D eigenvalue weighted by molar-refractivity contribution is 6.42. The van der Waals surface area contributed by atoms with E-state index in [0.29, 0.717) is 10.0 Å². The molecule has 2 aromatic carbocycles. The zero-order valence-electron chi connectivity index (χ0n) is 18.7. The Kier molecular flexibility index (Phi) is 7.86. The summed E-state index contributed by atoms with van der Waals surface area (Å²) in [6, 6.07) is 17.7. The second-order valence-electron chi connectivity index (χ2n) is 8.37. The lowest BCUT2D eigenvalue weighted by Gasteiger charge is -2.32. The first-order chi connectivity index (χ1) is 16.0. The second-order valence-corrected chi connectivity index (χ2v) is 9.19. The minimum absolute atomic E-state index is 0.0154. The third kappa shape index (κ3) is 6.05. The number of anilines is 1. The van der Waals surface area contributed by atoms with E-state index in [0.717, 1.165) is 42.0 Å². The molecule has 1 aliphatic rings. The lowest BCUT2D eigenvalue weighted by molar-refractivity contribution is -0.130. The molecule has 1 fully saturated rings. The largest absolute Gasteiger partial charge is 0.376 e. The van der Waals surface area contributed by atoms with E-state index in [-0.39, 0.29) is 18.5 Å². The fourth-order valence-corrected chi connectivity index (χ4v) is 4.47. The summed E-state index contributed by atoms with van der Waals surface area (Å²) in [7, 11) is 1.88. The van der Waals surface area contributed by atoms with Crippen LogP contribution in [0.3, 0.4) is 0 Å². The molecule has 1 amide bonds. The normalized spacial score (nSPS) is 14.8. The Hall–Kier alpha value is -2.60. The van der Waals surface area contributed by atoms with Crippen LogP contribution in [-0.4, -0.2) is 53.9 Å². The van der Waals surface area contributed by atoms with Gasteiger partial charge in [-0.1, -0.05) is 53.5 Å². The lowest BCUT2D eigenvalue weighted by Crippen LogP contribution is -2.40. The van der Waals surface area contributed by atoms with Crippen LogP contribution in [0, 0.1) is 0 Å². The van der Waals surface area contributed by atoms with Crippen LogP contribution in [0.5, 0.6) is 0 Å². The van der Waals surface area contributed by atoms with Crippen molar-refractivity contribution in [3.05, 3.63) is 82.6 Å². The summed E-state index contributed by atoms with van der Waals surface area (Å²) in [6.45, 7) is 3.15. The number of nitrogens with zero attached hydrogens (tertiary/aromatic N) is 3. The average molecular weight is 483 g/mol. The number of amides is 1. The fraction of sp³-hybridized carbons (Fsp3) is 0.308. The number of benzene rings is 2. The minimum Gasteiger partial charge on any atom is -0.376 e. The Morgan fingerprint density at radius 1 is 1.06 bits per heavy atom. The summed E-state index contributed by atoms with van der Waals surface area (Å²) in [4.78, 5) is 21.6. The van der Waals surface area contributed by atoms with Crippen LogP contribution in [-0.2, 0) is 4.79 Å². The first-order valence-corrected chi connectivity index (χ1v) is 11.9. The van der Waals surface area contributed by atoms with Crippen molar-refractivity contribution >= 4 is 34.8 Å². The number of rotatable bonds is 8. The topological polar surface area (TPSA) is 48.5 Å². The molecule has 1 atom stereocenters. The molecule has 0 radical (unpaired) electrons. The summed E-state index contributed by atoms with van der Waals surface area (Å²) in [5.74, 6) is 0.0154. The second kappa shape index (κ2) is 11.0. The summed E-state index contributed by atoms with van der Waals surface area (Å²) in [6.07, 6.45) is 6.06. The number of carbonyl (C=O) groups is 1.